The lowest BCUT2D eigenvalue weighted by Crippen LogP contribution is -2.35. The molecule has 19 heavy (non-hydrogen) atoms. The fourth-order valence-electron chi connectivity index (χ4n) is 2.33. The molecule has 0 bridgehead atoms. The second kappa shape index (κ2) is 4.85. The van der Waals surface area contributed by atoms with Crippen molar-refractivity contribution < 1.29 is 9.21 Å². The summed E-state index contributed by atoms with van der Waals surface area (Å²) in [5.74, 6) is -0.307. The molecule has 5 heteroatoms. The number of oxazole rings is 1. The quantitative estimate of drug-likeness (QED) is 0.861. The third kappa shape index (κ3) is 2.37. The van der Waals surface area contributed by atoms with E-state index < -0.39 is 0 Å². The van der Waals surface area contributed by atoms with Crippen LogP contribution in [0.3, 0.4) is 0 Å². The minimum atomic E-state index is -0.211. The van der Waals surface area contributed by atoms with Crippen LogP contribution in [-0.2, 0) is 11.3 Å². The van der Waals surface area contributed by atoms with Crippen molar-refractivity contribution in [3.8, 4) is 0 Å². The van der Waals surface area contributed by atoms with Gasteiger partial charge in [-0.15, -0.1) is 0 Å². The maximum absolute atomic E-state index is 12.3. The summed E-state index contributed by atoms with van der Waals surface area (Å²) < 4.78 is 5.15. The first-order valence-corrected chi connectivity index (χ1v) is 6.25. The van der Waals surface area contributed by atoms with Crippen LogP contribution in [0, 0.1) is 6.92 Å². The average Bonchev–Trinajstić information content (AvgIpc) is 2.83. The Morgan fingerprint density at radius 1 is 1.47 bits per heavy atom. The summed E-state index contributed by atoms with van der Waals surface area (Å²) in [5, 5.41) is 5.97. The van der Waals surface area contributed by atoms with Gasteiger partial charge in [0.1, 0.15) is 6.26 Å². The molecule has 0 fully saturated rings. The third-order valence-electron chi connectivity index (χ3n) is 3.26. The molecule has 98 valence electrons. The van der Waals surface area contributed by atoms with Gasteiger partial charge in [-0.1, -0.05) is 24.3 Å². The Kier molecular flexibility index (Phi) is 3.05. The molecule has 1 atom stereocenters. The van der Waals surface area contributed by atoms with Crippen LogP contribution in [0.5, 0.6) is 0 Å². The fourth-order valence-corrected chi connectivity index (χ4v) is 2.33. The number of hydrogen-bond donors (Lipinski definition) is 2. The molecule has 1 aliphatic rings. The number of carbonyl (C=O) groups is 1. The fraction of sp³-hybridized carbons (Fsp3) is 0.286. The number of aromatic nitrogens is 1. The number of benzene rings is 1. The minimum Gasteiger partial charge on any atom is -0.432 e. The topological polar surface area (TPSA) is 67.2 Å². The van der Waals surface area contributed by atoms with Gasteiger partial charge in [0, 0.05) is 13.1 Å². The number of carbonyl (C=O) groups excluding carboxylic acids is 1. The summed E-state index contributed by atoms with van der Waals surface area (Å²) in [6, 6.07) is 8.24. The van der Waals surface area contributed by atoms with Gasteiger partial charge in [0.25, 0.3) is 0 Å². The van der Waals surface area contributed by atoms with Crippen molar-refractivity contribution in [2.24, 2.45) is 0 Å². The van der Waals surface area contributed by atoms with Crippen LogP contribution >= 0.6 is 0 Å². The van der Waals surface area contributed by atoms with E-state index in [0.29, 0.717) is 6.54 Å². The van der Waals surface area contributed by atoms with E-state index in [1.807, 2.05) is 31.2 Å². The van der Waals surface area contributed by atoms with Crippen LogP contribution in [0.15, 0.2) is 34.9 Å². The first-order chi connectivity index (χ1) is 9.24. The first-order valence-electron chi connectivity index (χ1n) is 6.25. The van der Waals surface area contributed by atoms with E-state index in [4.69, 9.17) is 4.42 Å². The number of amides is 1. The van der Waals surface area contributed by atoms with E-state index in [2.05, 4.69) is 15.6 Å². The lowest BCUT2D eigenvalue weighted by Gasteiger charge is -2.24. The minimum absolute atomic E-state index is 0.0958. The maximum Gasteiger partial charge on any atom is 0.301 e. The highest BCUT2D eigenvalue weighted by atomic mass is 16.4. The molecule has 1 aromatic carbocycles. The molecule has 2 aromatic rings. The molecule has 0 aliphatic carbocycles. The Morgan fingerprint density at radius 2 is 2.32 bits per heavy atom. The van der Waals surface area contributed by atoms with Gasteiger partial charge in [-0.05, 0) is 18.1 Å². The van der Waals surface area contributed by atoms with E-state index in [1.165, 1.54) is 6.26 Å². The van der Waals surface area contributed by atoms with Crippen molar-refractivity contribution in [1.82, 2.24) is 10.3 Å². The van der Waals surface area contributed by atoms with E-state index in [-0.39, 0.29) is 17.8 Å². The van der Waals surface area contributed by atoms with Gasteiger partial charge in [0.15, 0.2) is 0 Å². The SMILES string of the molecule is Cc1coc(NC(=O)C2CNCc3ccccc32)n1. The average molecular weight is 257 g/mol. The second-order valence-electron chi connectivity index (χ2n) is 4.67. The largest absolute Gasteiger partial charge is 0.432 e. The summed E-state index contributed by atoms with van der Waals surface area (Å²) in [4.78, 5) is 16.4. The third-order valence-corrected chi connectivity index (χ3v) is 3.26. The summed E-state index contributed by atoms with van der Waals surface area (Å²) in [7, 11) is 0. The van der Waals surface area contributed by atoms with Crippen LogP contribution < -0.4 is 10.6 Å². The number of fused-ring (bicyclic) bond motifs is 1. The Hall–Kier alpha value is -2.14. The smallest absolute Gasteiger partial charge is 0.301 e. The Labute approximate surface area is 111 Å². The zero-order valence-corrected chi connectivity index (χ0v) is 10.6. The molecule has 0 spiro atoms. The summed E-state index contributed by atoms with van der Waals surface area (Å²) >= 11 is 0. The number of rotatable bonds is 2. The normalized spacial score (nSPS) is 17.8. The Bertz CT molecular complexity index is 606. The van der Waals surface area contributed by atoms with E-state index in [9.17, 15) is 4.79 Å². The summed E-state index contributed by atoms with van der Waals surface area (Å²) in [6.45, 7) is 3.25. The molecule has 5 nitrogen and oxygen atoms in total. The number of aryl methyl sites for hydroxylation is 1. The lowest BCUT2D eigenvalue weighted by molar-refractivity contribution is -0.117. The predicted molar refractivity (Wildman–Crippen MR) is 70.8 cm³/mol. The monoisotopic (exact) mass is 257 g/mol. The highest BCUT2D eigenvalue weighted by Gasteiger charge is 2.26. The van der Waals surface area contributed by atoms with Gasteiger partial charge in [0.2, 0.25) is 5.91 Å². The molecule has 0 radical (unpaired) electrons. The molecule has 0 saturated heterocycles. The number of nitrogens with one attached hydrogen (secondary N) is 2. The Balaban J connectivity index is 1.81. The predicted octanol–water partition coefficient (Wildman–Crippen LogP) is 1.81. The van der Waals surface area contributed by atoms with E-state index in [1.54, 1.807) is 0 Å². The van der Waals surface area contributed by atoms with Crippen molar-refractivity contribution in [3.63, 3.8) is 0 Å². The number of anilines is 1. The lowest BCUT2D eigenvalue weighted by atomic mass is 9.90. The van der Waals surface area contributed by atoms with E-state index in [0.717, 1.165) is 23.4 Å². The highest BCUT2D eigenvalue weighted by molar-refractivity contribution is 5.94. The van der Waals surface area contributed by atoms with Crippen LogP contribution in [0.25, 0.3) is 0 Å². The molecule has 1 amide bonds. The molecule has 3 rings (SSSR count). The zero-order valence-electron chi connectivity index (χ0n) is 10.6. The molecule has 1 unspecified atom stereocenters. The standard InChI is InChI=1S/C14H15N3O2/c1-9-8-19-14(16-9)17-13(18)12-7-15-6-10-4-2-3-5-11(10)12/h2-5,8,12,15H,6-7H2,1H3,(H,16,17,18). The van der Waals surface area contributed by atoms with Gasteiger partial charge in [-0.2, -0.15) is 4.98 Å². The van der Waals surface area contributed by atoms with Crippen LogP contribution in [-0.4, -0.2) is 17.4 Å². The molecular weight excluding hydrogens is 242 g/mol. The van der Waals surface area contributed by atoms with Gasteiger partial charge in [0.05, 0.1) is 11.6 Å². The van der Waals surface area contributed by atoms with Gasteiger partial charge >= 0.3 is 6.01 Å². The summed E-state index contributed by atoms with van der Waals surface area (Å²) in [5.41, 5.74) is 2.98. The molecule has 1 aliphatic heterocycles. The first kappa shape index (κ1) is 11.9. The van der Waals surface area contributed by atoms with E-state index >= 15 is 0 Å². The molecule has 1 aromatic heterocycles. The summed E-state index contributed by atoms with van der Waals surface area (Å²) in [6.07, 6.45) is 1.52. The highest BCUT2D eigenvalue weighted by Crippen LogP contribution is 2.25. The molecule has 2 N–H and O–H groups in total. The van der Waals surface area contributed by atoms with Crippen LogP contribution in [0.1, 0.15) is 22.7 Å². The van der Waals surface area contributed by atoms with Crippen molar-refractivity contribution in [3.05, 3.63) is 47.3 Å². The van der Waals surface area contributed by atoms with Crippen molar-refractivity contribution in [2.75, 3.05) is 11.9 Å². The number of hydrogen-bond acceptors (Lipinski definition) is 4. The molecular formula is C14H15N3O2. The second-order valence-corrected chi connectivity index (χ2v) is 4.67. The zero-order chi connectivity index (χ0) is 13.2. The maximum atomic E-state index is 12.3. The van der Waals surface area contributed by atoms with Gasteiger partial charge in [-0.3, -0.25) is 10.1 Å². The van der Waals surface area contributed by atoms with Crippen molar-refractivity contribution in [1.29, 1.82) is 0 Å². The van der Waals surface area contributed by atoms with Crippen LogP contribution in [0.4, 0.5) is 6.01 Å². The molecule has 2 heterocycles. The van der Waals surface area contributed by atoms with Gasteiger partial charge in [-0.25, -0.2) is 0 Å². The Morgan fingerprint density at radius 3 is 3.11 bits per heavy atom. The van der Waals surface area contributed by atoms with Crippen molar-refractivity contribution >= 4 is 11.9 Å². The van der Waals surface area contributed by atoms with Crippen LogP contribution in [0.2, 0.25) is 0 Å². The van der Waals surface area contributed by atoms with Gasteiger partial charge < -0.3 is 9.73 Å². The number of nitrogens with zero attached hydrogens (tertiary/aromatic N) is 1. The molecule has 0 saturated carbocycles. The van der Waals surface area contributed by atoms with Crippen molar-refractivity contribution in [2.45, 2.75) is 19.4 Å².